The fraction of sp³-hybridized carbons (Fsp3) is 0.538. The van der Waals surface area contributed by atoms with Crippen LogP contribution in [0.3, 0.4) is 0 Å². The number of rotatable bonds is 7. The molecule has 0 N–H and O–H groups in total. The van der Waals surface area contributed by atoms with Gasteiger partial charge in [-0.1, -0.05) is 12.1 Å². The zero-order valence-electron chi connectivity index (χ0n) is 9.59. The van der Waals surface area contributed by atoms with Gasteiger partial charge in [0.2, 0.25) is 0 Å². The summed E-state index contributed by atoms with van der Waals surface area (Å²) in [6.45, 7) is 3.43. The molecule has 0 radical (unpaired) electrons. The van der Waals surface area contributed by atoms with Crippen molar-refractivity contribution in [3.05, 3.63) is 35.6 Å². The highest BCUT2D eigenvalue weighted by molar-refractivity contribution is 6.18. The average Bonchev–Trinajstić information content (AvgIpc) is 2.28. The molecule has 1 atom stereocenters. The first-order valence-corrected chi connectivity index (χ1v) is 6.17. The molecule has 16 heavy (non-hydrogen) atoms. The zero-order chi connectivity index (χ0) is 11.8. The van der Waals surface area contributed by atoms with Crippen molar-refractivity contribution in [1.82, 2.24) is 0 Å². The van der Waals surface area contributed by atoms with E-state index in [-0.39, 0.29) is 5.82 Å². The Labute approximate surface area is 102 Å². The lowest BCUT2D eigenvalue weighted by Crippen LogP contribution is -2.10. The standard InChI is InChI=1S/C13H18ClFO/c1-2-16-7-6-12(10-14)8-11-4-3-5-13(15)9-11/h3-5,9,12H,2,6-8,10H2,1H3. The van der Waals surface area contributed by atoms with Gasteiger partial charge in [0.1, 0.15) is 5.82 Å². The van der Waals surface area contributed by atoms with Gasteiger partial charge in [-0.3, -0.25) is 0 Å². The number of ether oxygens (including phenoxy) is 1. The summed E-state index contributed by atoms with van der Waals surface area (Å²) in [4.78, 5) is 0. The molecular weight excluding hydrogens is 227 g/mol. The normalized spacial score (nSPS) is 12.7. The first kappa shape index (κ1) is 13.5. The van der Waals surface area contributed by atoms with Crippen LogP contribution in [0.25, 0.3) is 0 Å². The first-order valence-electron chi connectivity index (χ1n) is 5.64. The Morgan fingerprint density at radius 1 is 1.44 bits per heavy atom. The first-order chi connectivity index (χ1) is 7.76. The lowest BCUT2D eigenvalue weighted by Gasteiger charge is -2.13. The van der Waals surface area contributed by atoms with E-state index in [0.29, 0.717) is 11.8 Å². The van der Waals surface area contributed by atoms with Crippen LogP contribution in [-0.4, -0.2) is 19.1 Å². The van der Waals surface area contributed by atoms with Gasteiger partial charge in [-0.15, -0.1) is 11.6 Å². The van der Waals surface area contributed by atoms with E-state index in [1.165, 1.54) is 6.07 Å². The summed E-state index contributed by atoms with van der Waals surface area (Å²) in [5.41, 5.74) is 1.00. The molecule has 1 aromatic carbocycles. The minimum absolute atomic E-state index is 0.185. The van der Waals surface area contributed by atoms with Gasteiger partial charge in [-0.05, 0) is 43.4 Å². The average molecular weight is 245 g/mol. The Morgan fingerprint density at radius 3 is 2.88 bits per heavy atom. The Hall–Kier alpha value is -0.600. The SMILES string of the molecule is CCOCCC(CCl)Cc1cccc(F)c1. The molecule has 0 bridgehead atoms. The molecule has 1 nitrogen and oxygen atoms in total. The maximum Gasteiger partial charge on any atom is 0.123 e. The lowest BCUT2D eigenvalue weighted by molar-refractivity contribution is 0.134. The van der Waals surface area contributed by atoms with Crippen LogP contribution >= 0.6 is 11.6 Å². The van der Waals surface area contributed by atoms with Crippen LogP contribution < -0.4 is 0 Å². The van der Waals surface area contributed by atoms with E-state index in [1.807, 2.05) is 13.0 Å². The second kappa shape index (κ2) is 7.64. The molecule has 1 rings (SSSR count). The van der Waals surface area contributed by atoms with E-state index in [0.717, 1.165) is 31.6 Å². The van der Waals surface area contributed by atoms with Crippen molar-refractivity contribution in [2.75, 3.05) is 19.1 Å². The van der Waals surface area contributed by atoms with Gasteiger partial charge in [0.25, 0.3) is 0 Å². The maximum atomic E-state index is 13.0. The molecule has 0 saturated heterocycles. The fourth-order valence-electron chi connectivity index (χ4n) is 1.63. The Kier molecular flexibility index (Phi) is 6.43. The molecule has 0 aliphatic carbocycles. The number of hydrogen-bond donors (Lipinski definition) is 0. The Balaban J connectivity index is 2.43. The van der Waals surface area contributed by atoms with E-state index >= 15 is 0 Å². The monoisotopic (exact) mass is 244 g/mol. The quantitative estimate of drug-likeness (QED) is 0.526. The second-order valence-electron chi connectivity index (χ2n) is 3.84. The van der Waals surface area contributed by atoms with Crippen molar-refractivity contribution in [3.8, 4) is 0 Å². The van der Waals surface area contributed by atoms with Gasteiger partial charge in [0, 0.05) is 19.1 Å². The lowest BCUT2D eigenvalue weighted by atomic mass is 9.98. The number of alkyl halides is 1. The van der Waals surface area contributed by atoms with Gasteiger partial charge in [0.15, 0.2) is 0 Å². The predicted octanol–water partition coefficient (Wildman–Crippen LogP) is 3.65. The molecule has 0 heterocycles. The number of halogens is 2. The van der Waals surface area contributed by atoms with Crippen molar-refractivity contribution < 1.29 is 9.13 Å². The highest BCUT2D eigenvalue weighted by atomic mass is 35.5. The van der Waals surface area contributed by atoms with Crippen LogP contribution in [0.15, 0.2) is 24.3 Å². The topological polar surface area (TPSA) is 9.23 Å². The third-order valence-corrected chi connectivity index (χ3v) is 2.94. The van der Waals surface area contributed by atoms with E-state index < -0.39 is 0 Å². The van der Waals surface area contributed by atoms with Gasteiger partial charge in [0.05, 0.1) is 0 Å². The summed E-state index contributed by atoms with van der Waals surface area (Å²) in [7, 11) is 0. The smallest absolute Gasteiger partial charge is 0.123 e. The van der Waals surface area contributed by atoms with Crippen molar-refractivity contribution in [2.24, 2.45) is 5.92 Å². The van der Waals surface area contributed by atoms with Crippen LogP contribution in [-0.2, 0) is 11.2 Å². The van der Waals surface area contributed by atoms with E-state index in [4.69, 9.17) is 16.3 Å². The molecule has 0 aliphatic heterocycles. The molecule has 0 aliphatic rings. The van der Waals surface area contributed by atoms with Crippen molar-refractivity contribution in [3.63, 3.8) is 0 Å². The third kappa shape index (κ3) is 4.95. The van der Waals surface area contributed by atoms with Crippen LogP contribution in [0.2, 0.25) is 0 Å². The molecule has 0 amide bonds. The van der Waals surface area contributed by atoms with Crippen molar-refractivity contribution in [2.45, 2.75) is 19.8 Å². The van der Waals surface area contributed by atoms with E-state index in [2.05, 4.69) is 0 Å². The minimum atomic E-state index is -0.185. The maximum absolute atomic E-state index is 13.0. The second-order valence-corrected chi connectivity index (χ2v) is 4.15. The van der Waals surface area contributed by atoms with Crippen molar-refractivity contribution in [1.29, 1.82) is 0 Å². The summed E-state index contributed by atoms with van der Waals surface area (Å²) in [6, 6.07) is 6.70. The van der Waals surface area contributed by atoms with Gasteiger partial charge in [-0.25, -0.2) is 4.39 Å². The molecule has 0 saturated carbocycles. The molecule has 0 spiro atoms. The number of benzene rings is 1. The molecular formula is C13H18ClFO. The highest BCUT2D eigenvalue weighted by Crippen LogP contribution is 2.15. The molecule has 0 fully saturated rings. The van der Waals surface area contributed by atoms with E-state index in [1.54, 1.807) is 12.1 Å². The van der Waals surface area contributed by atoms with Gasteiger partial charge >= 0.3 is 0 Å². The summed E-state index contributed by atoms with van der Waals surface area (Å²) in [6.07, 6.45) is 1.74. The summed E-state index contributed by atoms with van der Waals surface area (Å²) in [5, 5.41) is 0. The molecule has 1 aromatic rings. The molecule has 3 heteroatoms. The Bertz CT molecular complexity index is 304. The third-order valence-electron chi connectivity index (χ3n) is 2.51. The molecule has 1 unspecified atom stereocenters. The summed E-state index contributed by atoms with van der Waals surface area (Å²) >= 11 is 5.89. The highest BCUT2D eigenvalue weighted by Gasteiger charge is 2.08. The molecule has 90 valence electrons. The van der Waals surface area contributed by atoms with Gasteiger partial charge in [-0.2, -0.15) is 0 Å². The largest absolute Gasteiger partial charge is 0.382 e. The molecule has 0 aromatic heterocycles. The fourth-order valence-corrected chi connectivity index (χ4v) is 1.89. The minimum Gasteiger partial charge on any atom is -0.382 e. The Morgan fingerprint density at radius 2 is 2.25 bits per heavy atom. The van der Waals surface area contributed by atoms with Crippen LogP contribution in [0.1, 0.15) is 18.9 Å². The predicted molar refractivity (Wildman–Crippen MR) is 65.4 cm³/mol. The van der Waals surface area contributed by atoms with Crippen LogP contribution in [0.4, 0.5) is 4.39 Å². The number of hydrogen-bond acceptors (Lipinski definition) is 1. The van der Waals surface area contributed by atoms with Gasteiger partial charge < -0.3 is 4.74 Å². The zero-order valence-corrected chi connectivity index (χ0v) is 10.3. The summed E-state index contributed by atoms with van der Waals surface area (Å²) in [5.74, 6) is 0.759. The van der Waals surface area contributed by atoms with Crippen LogP contribution in [0, 0.1) is 11.7 Å². The summed E-state index contributed by atoms with van der Waals surface area (Å²) < 4.78 is 18.3. The van der Waals surface area contributed by atoms with Crippen molar-refractivity contribution >= 4 is 11.6 Å². The van der Waals surface area contributed by atoms with E-state index in [9.17, 15) is 4.39 Å². The van der Waals surface area contributed by atoms with Crippen LogP contribution in [0.5, 0.6) is 0 Å².